The van der Waals surface area contributed by atoms with Gasteiger partial charge in [0.15, 0.2) is 0 Å². The fraction of sp³-hybridized carbons (Fsp3) is 0.174. The third kappa shape index (κ3) is 3.02. The second kappa shape index (κ2) is 6.74. The highest BCUT2D eigenvalue weighted by molar-refractivity contribution is 6.10. The molecule has 6 nitrogen and oxygen atoms in total. The number of rotatable bonds is 2. The smallest absolute Gasteiger partial charge is 0.308 e. The molecule has 2 heterocycles. The van der Waals surface area contributed by atoms with Crippen LogP contribution in [0.15, 0.2) is 60.7 Å². The summed E-state index contributed by atoms with van der Waals surface area (Å²) in [5, 5.41) is 4.21. The Morgan fingerprint density at radius 2 is 1.69 bits per heavy atom. The van der Waals surface area contributed by atoms with Gasteiger partial charge >= 0.3 is 6.03 Å². The number of anilines is 2. The van der Waals surface area contributed by atoms with Gasteiger partial charge in [-0.1, -0.05) is 30.3 Å². The summed E-state index contributed by atoms with van der Waals surface area (Å²) in [7, 11) is 0. The molecule has 1 fully saturated rings. The molecule has 2 aliphatic rings. The van der Waals surface area contributed by atoms with E-state index in [1.807, 2.05) is 59.5 Å². The molecule has 1 saturated heterocycles. The predicted octanol–water partition coefficient (Wildman–Crippen LogP) is 3.49. The van der Waals surface area contributed by atoms with E-state index in [9.17, 15) is 14.4 Å². The fourth-order valence-electron chi connectivity index (χ4n) is 4.05. The number of nitrogens with zero attached hydrogens (tertiary/aromatic N) is 2. The first-order valence-electron chi connectivity index (χ1n) is 9.65. The van der Waals surface area contributed by atoms with Gasteiger partial charge in [-0.3, -0.25) is 19.8 Å². The van der Waals surface area contributed by atoms with Gasteiger partial charge in [-0.2, -0.15) is 0 Å². The van der Waals surface area contributed by atoms with E-state index < -0.39 is 6.03 Å². The Hall–Kier alpha value is -3.67. The van der Waals surface area contributed by atoms with Crippen molar-refractivity contribution in [3.05, 3.63) is 71.8 Å². The zero-order valence-corrected chi connectivity index (χ0v) is 15.7. The second-order valence-corrected chi connectivity index (χ2v) is 7.34. The molecule has 1 N–H and O–H groups in total. The Balaban J connectivity index is 1.48. The highest BCUT2D eigenvalue weighted by Crippen LogP contribution is 2.30. The van der Waals surface area contributed by atoms with Crippen molar-refractivity contribution >= 4 is 40.0 Å². The van der Waals surface area contributed by atoms with Crippen LogP contribution in [0.2, 0.25) is 0 Å². The maximum Gasteiger partial charge on any atom is 0.328 e. The van der Waals surface area contributed by atoms with Gasteiger partial charge in [0.2, 0.25) is 5.91 Å². The lowest BCUT2D eigenvalue weighted by atomic mass is 10.0. The van der Waals surface area contributed by atoms with Crippen LogP contribution < -0.4 is 15.1 Å². The van der Waals surface area contributed by atoms with Crippen molar-refractivity contribution in [2.75, 3.05) is 22.9 Å². The molecule has 29 heavy (non-hydrogen) atoms. The topological polar surface area (TPSA) is 69.7 Å². The highest BCUT2D eigenvalue weighted by Gasteiger charge is 2.26. The third-order valence-electron chi connectivity index (χ3n) is 5.57. The van der Waals surface area contributed by atoms with Crippen molar-refractivity contribution in [2.45, 2.75) is 12.8 Å². The largest absolute Gasteiger partial charge is 0.328 e. The molecule has 0 unspecified atom stereocenters. The van der Waals surface area contributed by atoms with E-state index >= 15 is 0 Å². The van der Waals surface area contributed by atoms with E-state index in [0.29, 0.717) is 24.3 Å². The van der Waals surface area contributed by atoms with E-state index in [0.717, 1.165) is 22.9 Å². The predicted molar refractivity (Wildman–Crippen MR) is 111 cm³/mol. The summed E-state index contributed by atoms with van der Waals surface area (Å²) in [6.45, 7) is 1.03. The van der Waals surface area contributed by atoms with Gasteiger partial charge in [0, 0.05) is 36.4 Å². The molecule has 144 valence electrons. The van der Waals surface area contributed by atoms with E-state index in [-0.39, 0.29) is 18.2 Å². The summed E-state index contributed by atoms with van der Waals surface area (Å²) in [6.07, 6.45) is 1.14. The van der Waals surface area contributed by atoms with Gasteiger partial charge in [-0.05, 0) is 53.1 Å². The number of hydrogen-bond donors (Lipinski definition) is 1. The molecule has 0 radical (unpaired) electrons. The van der Waals surface area contributed by atoms with Crippen LogP contribution in [-0.2, 0) is 11.2 Å². The van der Waals surface area contributed by atoms with Crippen molar-refractivity contribution in [2.24, 2.45) is 0 Å². The Kier molecular flexibility index (Phi) is 4.05. The van der Waals surface area contributed by atoms with Crippen LogP contribution in [0.3, 0.4) is 0 Å². The molecule has 0 aromatic heterocycles. The summed E-state index contributed by atoms with van der Waals surface area (Å²) < 4.78 is 0. The Morgan fingerprint density at radius 3 is 2.55 bits per heavy atom. The molecule has 3 aromatic carbocycles. The molecule has 3 aromatic rings. The summed E-state index contributed by atoms with van der Waals surface area (Å²) in [5.41, 5.74) is 3.49. The van der Waals surface area contributed by atoms with Crippen LogP contribution in [0, 0.1) is 0 Å². The van der Waals surface area contributed by atoms with Gasteiger partial charge in [-0.25, -0.2) is 4.79 Å². The number of carbonyl (C=O) groups is 3. The van der Waals surface area contributed by atoms with Gasteiger partial charge in [0.25, 0.3) is 5.91 Å². The number of carbonyl (C=O) groups excluding carboxylic acids is 3. The van der Waals surface area contributed by atoms with Gasteiger partial charge in [-0.15, -0.1) is 0 Å². The van der Waals surface area contributed by atoms with Crippen molar-refractivity contribution in [3.8, 4) is 0 Å². The average molecular weight is 385 g/mol. The Bertz CT molecular complexity index is 1170. The normalized spacial score (nSPS) is 16.1. The second-order valence-electron chi connectivity index (χ2n) is 7.34. The molecular weight excluding hydrogens is 366 g/mol. The van der Waals surface area contributed by atoms with Crippen LogP contribution in [0.25, 0.3) is 10.8 Å². The van der Waals surface area contributed by atoms with E-state index in [1.165, 1.54) is 5.56 Å². The molecule has 6 heteroatoms. The number of benzene rings is 3. The van der Waals surface area contributed by atoms with Gasteiger partial charge < -0.3 is 4.90 Å². The number of hydrogen-bond acceptors (Lipinski definition) is 3. The van der Waals surface area contributed by atoms with Crippen LogP contribution in [0.1, 0.15) is 22.3 Å². The van der Waals surface area contributed by atoms with Crippen molar-refractivity contribution < 1.29 is 14.4 Å². The minimum absolute atomic E-state index is 0.0245. The standard InChI is InChI=1S/C23H19N3O3/c27-21-10-12-25(23(29)24-21)19-8-7-15-5-6-17(13-18(15)14-19)22(28)26-11-9-16-3-1-2-4-20(16)26/h1-8,13-14H,9-12H2,(H,24,27,29). The lowest BCUT2D eigenvalue weighted by Gasteiger charge is -2.26. The minimum Gasteiger partial charge on any atom is -0.308 e. The maximum atomic E-state index is 13.1. The first kappa shape index (κ1) is 17.4. The number of amides is 4. The first-order valence-corrected chi connectivity index (χ1v) is 9.65. The third-order valence-corrected chi connectivity index (χ3v) is 5.57. The Labute approximate surface area is 167 Å². The number of urea groups is 1. The zero-order valence-electron chi connectivity index (χ0n) is 15.7. The molecule has 0 saturated carbocycles. The summed E-state index contributed by atoms with van der Waals surface area (Å²) in [6, 6.07) is 18.9. The monoisotopic (exact) mass is 385 g/mol. The van der Waals surface area contributed by atoms with Crippen LogP contribution in [-0.4, -0.2) is 30.9 Å². The number of para-hydroxylation sites is 1. The molecule has 0 aliphatic carbocycles. The SMILES string of the molecule is O=C1CCN(c2ccc3ccc(C(=O)N4CCc5ccccc54)cc3c2)C(=O)N1. The molecule has 0 bridgehead atoms. The summed E-state index contributed by atoms with van der Waals surface area (Å²) >= 11 is 0. The molecule has 4 amide bonds. The summed E-state index contributed by atoms with van der Waals surface area (Å²) in [5.74, 6) is -0.283. The molecule has 0 atom stereocenters. The lowest BCUT2D eigenvalue weighted by molar-refractivity contribution is -0.120. The first-order chi connectivity index (χ1) is 14.1. The van der Waals surface area contributed by atoms with E-state index in [2.05, 4.69) is 11.4 Å². The molecule has 2 aliphatic heterocycles. The maximum absolute atomic E-state index is 13.1. The zero-order chi connectivity index (χ0) is 20.0. The van der Waals surface area contributed by atoms with Gasteiger partial charge in [0.1, 0.15) is 0 Å². The van der Waals surface area contributed by atoms with Crippen LogP contribution in [0.5, 0.6) is 0 Å². The van der Waals surface area contributed by atoms with Gasteiger partial charge in [0.05, 0.1) is 0 Å². The minimum atomic E-state index is -0.415. The lowest BCUT2D eigenvalue weighted by Crippen LogP contribution is -2.49. The Morgan fingerprint density at radius 1 is 0.862 bits per heavy atom. The van der Waals surface area contributed by atoms with Crippen LogP contribution in [0.4, 0.5) is 16.2 Å². The van der Waals surface area contributed by atoms with Crippen molar-refractivity contribution in [1.29, 1.82) is 0 Å². The van der Waals surface area contributed by atoms with E-state index in [4.69, 9.17) is 0 Å². The highest BCUT2D eigenvalue weighted by atomic mass is 16.2. The quantitative estimate of drug-likeness (QED) is 0.734. The molecule has 5 rings (SSSR count). The number of fused-ring (bicyclic) bond motifs is 2. The fourth-order valence-corrected chi connectivity index (χ4v) is 4.05. The summed E-state index contributed by atoms with van der Waals surface area (Å²) in [4.78, 5) is 40.0. The van der Waals surface area contributed by atoms with Crippen LogP contribution >= 0.6 is 0 Å². The van der Waals surface area contributed by atoms with Crippen molar-refractivity contribution in [3.63, 3.8) is 0 Å². The number of imide groups is 1. The number of nitrogens with one attached hydrogen (secondary N) is 1. The molecule has 0 spiro atoms. The molecular formula is C23H19N3O3. The average Bonchev–Trinajstić information content (AvgIpc) is 3.16. The van der Waals surface area contributed by atoms with E-state index in [1.54, 1.807) is 4.90 Å². The van der Waals surface area contributed by atoms with Crippen molar-refractivity contribution in [1.82, 2.24) is 5.32 Å².